The first kappa shape index (κ1) is 16.8. The summed E-state index contributed by atoms with van der Waals surface area (Å²) in [5.74, 6) is 1.59. The van der Waals surface area contributed by atoms with Gasteiger partial charge < -0.3 is 19.7 Å². The molecule has 0 fully saturated rings. The van der Waals surface area contributed by atoms with E-state index in [1.54, 1.807) is 7.11 Å². The van der Waals surface area contributed by atoms with Crippen LogP contribution < -0.4 is 14.8 Å². The van der Waals surface area contributed by atoms with Gasteiger partial charge in [-0.15, -0.1) is 0 Å². The van der Waals surface area contributed by atoms with E-state index < -0.39 is 0 Å². The predicted molar refractivity (Wildman–Crippen MR) is 83.6 cm³/mol. The van der Waals surface area contributed by atoms with E-state index in [4.69, 9.17) is 9.47 Å². The number of nitrogens with zero attached hydrogens (tertiary/aromatic N) is 1. The second-order valence-electron chi connectivity index (χ2n) is 5.70. The van der Waals surface area contributed by atoms with Crippen molar-refractivity contribution in [3.63, 3.8) is 0 Å². The molecule has 1 unspecified atom stereocenters. The molecule has 1 rings (SSSR count). The molecular formula is C16H28N2O2. The Balaban J connectivity index is 2.63. The van der Waals surface area contributed by atoms with Gasteiger partial charge in [-0.25, -0.2) is 0 Å². The standard InChI is InChI=1S/C16H28N2O2/c1-12(2)20-15-8-7-14(9-16(15)19-6)10-17-13(3)11-18(4)5/h7-9,12-13,17H,10-11H2,1-6H3. The lowest BCUT2D eigenvalue weighted by atomic mass is 10.2. The van der Waals surface area contributed by atoms with Crippen molar-refractivity contribution in [2.24, 2.45) is 0 Å². The molecule has 0 bridgehead atoms. The summed E-state index contributed by atoms with van der Waals surface area (Å²) in [7, 11) is 5.84. The quantitative estimate of drug-likeness (QED) is 0.793. The molecule has 0 heterocycles. The van der Waals surface area contributed by atoms with E-state index in [-0.39, 0.29) is 6.10 Å². The molecule has 0 spiro atoms. The minimum Gasteiger partial charge on any atom is -0.493 e. The van der Waals surface area contributed by atoms with Crippen LogP contribution in [0.1, 0.15) is 26.3 Å². The Morgan fingerprint density at radius 3 is 2.40 bits per heavy atom. The number of methoxy groups -OCH3 is 1. The molecule has 114 valence electrons. The zero-order valence-corrected chi connectivity index (χ0v) is 13.6. The van der Waals surface area contributed by atoms with Gasteiger partial charge in [0.05, 0.1) is 13.2 Å². The van der Waals surface area contributed by atoms with Crippen LogP contribution in [0.3, 0.4) is 0 Å². The molecule has 0 saturated carbocycles. The van der Waals surface area contributed by atoms with Crippen molar-refractivity contribution in [2.75, 3.05) is 27.7 Å². The second kappa shape index (κ2) is 8.12. The van der Waals surface area contributed by atoms with E-state index in [2.05, 4.69) is 37.3 Å². The molecule has 0 aliphatic carbocycles. The van der Waals surface area contributed by atoms with E-state index in [9.17, 15) is 0 Å². The molecular weight excluding hydrogens is 252 g/mol. The summed E-state index contributed by atoms with van der Waals surface area (Å²) in [6, 6.07) is 6.54. The number of hydrogen-bond acceptors (Lipinski definition) is 4. The van der Waals surface area contributed by atoms with Gasteiger partial charge in [0.2, 0.25) is 0 Å². The number of nitrogens with one attached hydrogen (secondary N) is 1. The van der Waals surface area contributed by atoms with Crippen LogP contribution in [0, 0.1) is 0 Å². The average molecular weight is 280 g/mol. The Labute approximate surface area is 123 Å². The molecule has 4 nitrogen and oxygen atoms in total. The highest BCUT2D eigenvalue weighted by Crippen LogP contribution is 2.28. The molecule has 1 aromatic rings. The summed E-state index contributed by atoms with van der Waals surface area (Å²) >= 11 is 0. The van der Waals surface area contributed by atoms with Crippen molar-refractivity contribution in [2.45, 2.75) is 39.5 Å². The van der Waals surface area contributed by atoms with Crippen LogP contribution >= 0.6 is 0 Å². The Morgan fingerprint density at radius 1 is 1.15 bits per heavy atom. The average Bonchev–Trinajstić information content (AvgIpc) is 2.36. The fraction of sp³-hybridized carbons (Fsp3) is 0.625. The molecule has 0 saturated heterocycles. The summed E-state index contributed by atoms with van der Waals surface area (Å²) < 4.78 is 11.1. The maximum absolute atomic E-state index is 5.72. The third-order valence-electron chi connectivity index (χ3n) is 2.88. The fourth-order valence-electron chi connectivity index (χ4n) is 2.08. The van der Waals surface area contributed by atoms with Crippen molar-refractivity contribution in [1.82, 2.24) is 10.2 Å². The third-order valence-corrected chi connectivity index (χ3v) is 2.88. The summed E-state index contributed by atoms with van der Waals surface area (Å²) in [6.07, 6.45) is 0.146. The Morgan fingerprint density at radius 2 is 1.85 bits per heavy atom. The Hall–Kier alpha value is -1.26. The second-order valence-corrected chi connectivity index (χ2v) is 5.70. The van der Waals surface area contributed by atoms with E-state index in [1.807, 2.05) is 26.0 Å². The smallest absolute Gasteiger partial charge is 0.161 e. The van der Waals surface area contributed by atoms with Gasteiger partial charge >= 0.3 is 0 Å². The van der Waals surface area contributed by atoms with Crippen LogP contribution in [0.5, 0.6) is 11.5 Å². The predicted octanol–water partition coefficient (Wildman–Crippen LogP) is 2.52. The van der Waals surface area contributed by atoms with Crippen LogP contribution in [0.25, 0.3) is 0 Å². The van der Waals surface area contributed by atoms with Gasteiger partial charge in [-0.3, -0.25) is 0 Å². The molecule has 0 aromatic heterocycles. The minimum absolute atomic E-state index is 0.146. The minimum atomic E-state index is 0.146. The van der Waals surface area contributed by atoms with Crippen LogP contribution in [-0.2, 0) is 6.54 Å². The van der Waals surface area contributed by atoms with Gasteiger partial charge in [0.15, 0.2) is 11.5 Å². The molecule has 0 amide bonds. The maximum atomic E-state index is 5.72. The number of ether oxygens (including phenoxy) is 2. The molecule has 20 heavy (non-hydrogen) atoms. The fourth-order valence-corrected chi connectivity index (χ4v) is 2.08. The number of benzene rings is 1. The monoisotopic (exact) mass is 280 g/mol. The molecule has 1 atom stereocenters. The highest BCUT2D eigenvalue weighted by molar-refractivity contribution is 5.43. The van der Waals surface area contributed by atoms with E-state index >= 15 is 0 Å². The normalized spacial score (nSPS) is 12.8. The van der Waals surface area contributed by atoms with E-state index in [1.165, 1.54) is 5.56 Å². The van der Waals surface area contributed by atoms with E-state index in [0.29, 0.717) is 6.04 Å². The first-order valence-electron chi connectivity index (χ1n) is 7.14. The van der Waals surface area contributed by atoms with Crippen molar-refractivity contribution >= 4 is 0 Å². The van der Waals surface area contributed by atoms with E-state index in [0.717, 1.165) is 24.6 Å². The number of likely N-dealkylation sites (N-methyl/N-ethyl adjacent to an activating group) is 1. The lowest BCUT2D eigenvalue weighted by molar-refractivity contribution is 0.230. The lowest BCUT2D eigenvalue weighted by Crippen LogP contribution is -2.35. The molecule has 1 aromatic carbocycles. The van der Waals surface area contributed by atoms with Gasteiger partial charge in [0.25, 0.3) is 0 Å². The zero-order valence-electron chi connectivity index (χ0n) is 13.6. The topological polar surface area (TPSA) is 33.7 Å². The first-order chi connectivity index (χ1) is 9.42. The first-order valence-corrected chi connectivity index (χ1v) is 7.14. The summed E-state index contributed by atoms with van der Waals surface area (Å²) in [5, 5.41) is 3.50. The lowest BCUT2D eigenvalue weighted by Gasteiger charge is -2.19. The van der Waals surface area contributed by atoms with Crippen LogP contribution in [0.15, 0.2) is 18.2 Å². The van der Waals surface area contributed by atoms with Crippen molar-refractivity contribution in [3.05, 3.63) is 23.8 Å². The third kappa shape index (κ3) is 5.80. The highest BCUT2D eigenvalue weighted by Gasteiger charge is 2.08. The molecule has 4 heteroatoms. The summed E-state index contributed by atoms with van der Waals surface area (Å²) in [4.78, 5) is 2.18. The number of rotatable bonds is 8. The van der Waals surface area contributed by atoms with Crippen molar-refractivity contribution < 1.29 is 9.47 Å². The van der Waals surface area contributed by atoms with Crippen molar-refractivity contribution in [1.29, 1.82) is 0 Å². The van der Waals surface area contributed by atoms with Gasteiger partial charge in [-0.2, -0.15) is 0 Å². The molecule has 0 aliphatic rings. The Kier molecular flexibility index (Phi) is 6.82. The van der Waals surface area contributed by atoms with Gasteiger partial charge in [-0.05, 0) is 52.6 Å². The maximum Gasteiger partial charge on any atom is 0.161 e. The molecule has 1 N–H and O–H groups in total. The Bertz CT molecular complexity index is 405. The molecule has 0 aliphatic heterocycles. The zero-order chi connectivity index (χ0) is 15.1. The van der Waals surface area contributed by atoms with Crippen LogP contribution in [-0.4, -0.2) is 44.8 Å². The summed E-state index contributed by atoms with van der Waals surface area (Å²) in [6.45, 7) is 8.06. The number of hydrogen-bond donors (Lipinski definition) is 1. The van der Waals surface area contributed by atoms with Gasteiger partial charge in [-0.1, -0.05) is 6.07 Å². The van der Waals surface area contributed by atoms with Crippen LogP contribution in [0.2, 0.25) is 0 Å². The van der Waals surface area contributed by atoms with Gasteiger partial charge in [0, 0.05) is 19.1 Å². The van der Waals surface area contributed by atoms with Gasteiger partial charge in [0.1, 0.15) is 0 Å². The highest BCUT2D eigenvalue weighted by atomic mass is 16.5. The summed E-state index contributed by atoms with van der Waals surface area (Å²) in [5.41, 5.74) is 1.20. The molecule has 0 radical (unpaired) electrons. The SMILES string of the molecule is COc1cc(CNC(C)CN(C)C)ccc1OC(C)C. The largest absolute Gasteiger partial charge is 0.493 e. The van der Waals surface area contributed by atoms with Crippen LogP contribution in [0.4, 0.5) is 0 Å². The van der Waals surface area contributed by atoms with Crippen molar-refractivity contribution in [3.8, 4) is 11.5 Å².